The maximum Gasteiger partial charge on any atom is 0.131 e. The molecule has 5 nitrogen and oxygen atoms in total. The number of hydrogen-bond donors (Lipinski definition) is 3. The smallest absolute Gasteiger partial charge is 0.131 e. The lowest BCUT2D eigenvalue weighted by Gasteiger charge is -2.19. The molecule has 0 unspecified atom stereocenters. The maximum atomic E-state index is 5.78. The van der Waals surface area contributed by atoms with E-state index in [2.05, 4.69) is 9.89 Å². The second-order valence-corrected chi connectivity index (χ2v) is 3.82. The number of halogens is 1. The number of benzene rings is 1. The van der Waals surface area contributed by atoms with E-state index in [1.54, 1.807) is 0 Å². The van der Waals surface area contributed by atoms with Gasteiger partial charge in [-0.1, -0.05) is 0 Å². The molecule has 1 aromatic carbocycles. The minimum absolute atomic E-state index is 0. The molecule has 0 radical (unpaired) electrons. The quantitative estimate of drug-likeness (QED) is 0.548. The lowest BCUT2D eigenvalue weighted by atomic mass is 10.1. The highest BCUT2D eigenvalue weighted by molar-refractivity contribution is 14.0. The molecule has 0 aromatic heterocycles. The van der Waals surface area contributed by atoms with Crippen LogP contribution in [0, 0.1) is 0 Å². The predicted molar refractivity (Wildman–Crippen MR) is 82.7 cm³/mol. The lowest BCUT2D eigenvalue weighted by Crippen LogP contribution is -2.33. The third-order valence-corrected chi connectivity index (χ3v) is 2.68. The van der Waals surface area contributed by atoms with E-state index in [9.17, 15) is 0 Å². The van der Waals surface area contributed by atoms with Gasteiger partial charge in [0, 0.05) is 25.2 Å². The summed E-state index contributed by atoms with van der Waals surface area (Å²) in [6.07, 6.45) is 0. The number of anilines is 2. The van der Waals surface area contributed by atoms with Gasteiger partial charge in [-0.2, -0.15) is 0 Å². The number of hydrogen-bond acceptors (Lipinski definition) is 5. The Balaban J connectivity index is 0.00000144. The minimum atomic E-state index is 0. The van der Waals surface area contributed by atoms with Crippen LogP contribution in [-0.2, 0) is 0 Å². The average Bonchev–Trinajstić information content (AvgIpc) is 2.71. The predicted octanol–water partition coefficient (Wildman–Crippen LogP) is 0.490. The molecular formula is C11H18IN5. The van der Waals surface area contributed by atoms with Crippen molar-refractivity contribution < 1.29 is 0 Å². The molecule has 1 aromatic rings. The monoisotopic (exact) mass is 347 g/mol. The first-order chi connectivity index (χ1) is 7.72. The van der Waals surface area contributed by atoms with Gasteiger partial charge in [-0.25, -0.2) is 0 Å². The van der Waals surface area contributed by atoms with Gasteiger partial charge >= 0.3 is 0 Å². The van der Waals surface area contributed by atoms with Crippen LogP contribution in [0.25, 0.3) is 0 Å². The lowest BCUT2D eigenvalue weighted by molar-refractivity contribution is 0.468. The SMILES string of the molecule is I.NCCN1CCN=C1c1ccc(N)c(N)c1. The van der Waals surface area contributed by atoms with E-state index in [1.807, 2.05) is 18.2 Å². The molecule has 94 valence electrons. The van der Waals surface area contributed by atoms with E-state index in [-0.39, 0.29) is 24.0 Å². The first kappa shape index (κ1) is 14.0. The topological polar surface area (TPSA) is 93.7 Å². The summed E-state index contributed by atoms with van der Waals surface area (Å²) in [4.78, 5) is 6.64. The Morgan fingerprint density at radius 3 is 2.65 bits per heavy atom. The van der Waals surface area contributed by atoms with Gasteiger partial charge < -0.3 is 22.1 Å². The molecule has 2 rings (SSSR count). The molecule has 0 spiro atoms. The fraction of sp³-hybridized carbons (Fsp3) is 0.364. The molecule has 1 aliphatic rings. The van der Waals surface area contributed by atoms with Crippen LogP contribution in [0.3, 0.4) is 0 Å². The molecule has 0 bridgehead atoms. The molecule has 0 saturated carbocycles. The molecule has 0 aliphatic carbocycles. The van der Waals surface area contributed by atoms with Crippen molar-refractivity contribution in [2.24, 2.45) is 10.7 Å². The van der Waals surface area contributed by atoms with Gasteiger partial charge in [0.1, 0.15) is 5.84 Å². The number of nitrogen functional groups attached to an aromatic ring is 2. The summed E-state index contributed by atoms with van der Waals surface area (Å²) in [7, 11) is 0. The minimum Gasteiger partial charge on any atom is -0.397 e. The fourth-order valence-corrected chi connectivity index (χ4v) is 1.84. The van der Waals surface area contributed by atoms with Gasteiger partial charge in [-0.3, -0.25) is 4.99 Å². The molecule has 0 fully saturated rings. The van der Waals surface area contributed by atoms with Crippen molar-refractivity contribution in [3.63, 3.8) is 0 Å². The van der Waals surface area contributed by atoms with Gasteiger partial charge in [0.2, 0.25) is 0 Å². The largest absolute Gasteiger partial charge is 0.397 e. The zero-order valence-corrected chi connectivity index (χ0v) is 11.9. The van der Waals surface area contributed by atoms with Crippen LogP contribution in [0.15, 0.2) is 23.2 Å². The van der Waals surface area contributed by atoms with Gasteiger partial charge in [-0.05, 0) is 18.2 Å². The van der Waals surface area contributed by atoms with Crippen molar-refractivity contribution in [1.82, 2.24) is 4.90 Å². The number of nitrogens with two attached hydrogens (primary N) is 3. The summed E-state index contributed by atoms with van der Waals surface area (Å²) in [5.74, 6) is 0.970. The highest BCUT2D eigenvalue weighted by Crippen LogP contribution is 2.19. The Kier molecular flexibility index (Phi) is 5.01. The van der Waals surface area contributed by atoms with E-state index in [1.165, 1.54) is 0 Å². The van der Waals surface area contributed by atoms with Crippen LogP contribution < -0.4 is 17.2 Å². The highest BCUT2D eigenvalue weighted by atomic mass is 127. The Bertz CT molecular complexity index is 418. The van der Waals surface area contributed by atoms with E-state index >= 15 is 0 Å². The summed E-state index contributed by atoms with van der Waals surface area (Å²) in [5.41, 5.74) is 19.2. The van der Waals surface area contributed by atoms with Crippen molar-refractivity contribution >= 4 is 41.2 Å². The van der Waals surface area contributed by atoms with E-state index in [0.717, 1.165) is 31.0 Å². The molecule has 6 heteroatoms. The highest BCUT2D eigenvalue weighted by Gasteiger charge is 2.17. The number of rotatable bonds is 3. The third kappa shape index (κ3) is 3.01. The van der Waals surface area contributed by atoms with Crippen molar-refractivity contribution in [2.75, 3.05) is 37.6 Å². The Morgan fingerprint density at radius 1 is 1.24 bits per heavy atom. The van der Waals surface area contributed by atoms with Crippen molar-refractivity contribution in [3.05, 3.63) is 23.8 Å². The first-order valence-electron chi connectivity index (χ1n) is 5.37. The van der Waals surface area contributed by atoms with Gasteiger partial charge in [0.15, 0.2) is 0 Å². The summed E-state index contributed by atoms with van der Waals surface area (Å²) in [5, 5.41) is 0. The molecule has 0 amide bonds. The second kappa shape index (κ2) is 6.06. The maximum absolute atomic E-state index is 5.78. The van der Waals surface area contributed by atoms with Gasteiger partial charge in [-0.15, -0.1) is 24.0 Å². The van der Waals surface area contributed by atoms with Gasteiger partial charge in [0.25, 0.3) is 0 Å². The molecule has 0 saturated heterocycles. The van der Waals surface area contributed by atoms with E-state index in [4.69, 9.17) is 17.2 Å². The standard InChI is InChI=1S/C11H17N5.HI/c12-3-5-16-6-4-15-11(16)8-1-2-9(13)10(14)7-8;/h1-2,7H,3-6,12-14H2;1H. The summed E-state index contributed by atoms with van der Waals surface area (Å²) < 4.78 is 0. The summed E-state index contributed by atoms with van der Waals surface area (Å²) >= 11 is 0. The van der Waals surface area contributed by atoms with Crippen molar-refractivity contribution in [2.45, 2.75) is 0 Å². The van der Waals surface area contributed by atoms with Crippen LogP contribution in [0.4, 0.5) is 11.4 Å². The van der Waals surface area contributed by atoms with Crippen molar-refractivity contribution in [1.29, 1.82) is 0 Å². The zero-order valence-electron chi connectivity index (χ0n) is 9.60. The van der Waals surface area contributed by atoms with Crippen LogP contribution in [-0.4, -0.2) is 36.9 Å². The fourth-order valence-electron chi connectivity index (χ4n) is 1.84. The molecule has 1 heterocycles. The van der Waals surface area contributed by atoms with Crippen LogP contribution in [0.2, 0.25) is 0 Å². The molecular weight excluding hydrogens is 329 g/mol. The molecule has 1 aliphatic heterocycles. The number of nitrogens with zero attached hydrogens (tertiary/aromatic N) is 2. The molecule has 6 N–H and O–H groups in total. The van der Waals surface area contributed by atoms with Crippen LogP contribution in [0.1, 0.15) is 5.56 Å². The molecule has 17 heavy (non-hydrogen) atoms. The third-order valence-electron chi connectivity index (χ3n) is 2.68. The van der Waals surface area contributed by atoms with Crippen molar-refractivity contribution in [3.8, 4) is 0 Å². The van der Waals surface area contributed by atoms with Gasteiger partial charge in [0.05, 0.1) is 17.9 Å². The number of aliphatic imine (C=N–C) groups is 1. The Labute approximate surface area is 118 Å². The summed E-state index contributed by atoms with van der Waals surface area (Å²) in [6.45, 7) is 3.20. The summed E-state index contributed by atoms with van der Waals surface area (Å²) in [6, 6.07) is 5.62. The zero-order chi connectivity index (χ0) is 11.5. The first-order valence-corrected chi connectivity index (χ1v) is 5.37. The normalized spacial score (nSPS) is 14.4. The number of amidine groups is 1. The van der Waals surface area contributed by atoms with E-state index < -0.39 is 0 Å². The average molecular weight is 347 g/mol. The molecule has 0 atom stereocenters. The van der Waals surface area contributed by atoms with Crippen LogP contribution >= 0.6 is 24.0 Å². The van der Waals surface area contributed by atoms with E-state index in [0.29, 0.717) is 17.9 Å². The second-order valence-electron chi connectivity index (χ2n) is 3.82. The van der Waals surface area contributed by atoms with Crippen LogP contribution in [0.5, 0.6) is 0 Å². The Hall–Kier alpha value is -1.02. The Morgan fingerprint density at radius 2 is 2.00 bits per heavy atom.